The average Bonchev–Trinajstić information content (AvgIpc) is 2.49. The number of aromatic amines is 1. The van der Waals surface area contributed by atoms with Crippen molar-refractivity contribution < 1.29 is 4.79 Å². The number of anilines is 2. The monoisotopic (exact) mass is 300 g/mol. The molecule has 4 N–H and O–H groups in total. The van der Waals surface area contributed by atoms with E-state index in [0.29, 0.717) is 16.5 Å². The molecule has 106 valence electrons. The minimum atomic E-state index is -0.522. The number of rotatable bonds is 4. The molecule has 1 heterocycles. The summed E-state index contributed by atoms with van der Waals surface area (Å²) in [4.78, 5) is 30.4. The standard InChI is InChI=1S/C14H12N4O2S/c1-2-8-21-14-17-11(15)10(13(20)18-14)16-12(19)9-6-4-3-5-7-9/h1,3-7H,8H2,(H,16,19)(H3,15,17,18,20). The molecule has 0 spiro atoms. The van der Waals surface area contributed by atoms with Crippen molar-refractivity contribution >= 4 is 29.2 Å². The number of thioether (sulfide) groups is 1. The number of nitrogens with two attached hydrogens (primary N) is 1. The molecule has 1 aromatic heterocycles. The minimum absolute atomic E-state index is 0.0532. The molecular formula is C14H12N4O2S. The van der Waals surface area contributed by atoms with Crippen LogP contribution in [-0.4, -0.2) is 21.6 Å². The molecule has 0 unspecified atom stereocenters. The number of nitrogens with zero attached hydrogens (tertiary/aromatic N) is 1. The van der Waals surface area contributed by atoms with Crippen LogP contribution in [0.4, 0.5) is 11.5 Å². The predicted molar refractivity (Wildman–Crippen MR) is 83.2 cm³/mol. The summed E-state index contributed by atoms with van der Waals surface area (Å²) >= 11 is 1.18. The van der Waals surface area contributed by atoms with Crippen LogP contribution in [0.3, 0.4) is 0 Å². The third-order valence-corrected chi connectivity index (χ3v) is 3.27. The Hall–Kier alpha value is -2.72. The maximum Gasteiger partial charge on any atom is 0.277 e. The minimum Gasteiger partial charge on any atom is -0.382 e. The van der Waals surface area contributed by atoms with Crippen LogP contribution in [0.5, 0.6) is 0 Å². The van der Waals surface area contributed by atoms with Gasteiger partial charge in [0.15, 0.2) is 11.0 Å². The summed E-state index contributed by atoms with van der Waals surface area (Å²) < 4.78 is 0. The second kappa shape index (κ2) is 6.63. The highest BCUT2D eigenvalue weighted by Gasteiger charge is 2.13. The van der Waals surface area contributed by atoms with Crippen molar-refractivity contribution in [1.82, 2.24) is 9.97 Å². The van der Waals surface area contributed by atoms with Crippen molar-refractivity contribution in [2.45, 2.75) is 5.16 Å². The van der Waals surface area contributed by atoms with Gasteiger partial charge in [-0.1, -0.05) is 35.9 Å². The van der Waals surface area contributed by atoms with Gasteiger partial charge in [-0.05, 0) is 12.1 Å². The van der Waals surface area contributed by atoms with Gasteiger partial charge in [-0.3, -0.25) is 14.6 Å². The maximum atomic E-state index is 12.0. The SMILES string of the molecule is C#CCSc1nc(N)c(NC(=O)c2ccccc2)c(=O)[nH]1. The molecule has 0 radical (unpaired) electrons. The first-order chi connectivity index (χ1) is 10.1. The highest BCUT2D eigenvalue weighted by Crippen LogP contribution is 2.16. The number of hydrogen-bond donors (Lipinski definition) is 3. The molecule has 0 bridgehead atoms. The summed E-state index contributed by atoms with van der Waals surface area (Å²) in [5.74, 6) is 2.29. The zero-order chi connectivity index (χ0) is 15.2. The Balaban J connectivity index is 2.23. The van der Waals surface area contributed by atoms with Crippen LogP contribution < -0.4 is 16.6 Å². The molecule has 0 aliphatic rings. The van der Waals surface area contributed by atoms with Crippen LogP contribution in [0.15, 0.2) is 40.3 Å². The van der Waals surface area contributed by atoms with E-state index in [1.165, 1.54) is 11.8 Å². The Morgan fingerprint density at radius 3 is 2.76 bits per heavy atom. The zero-order valence-corrected chi connectivity index (χ0v) is 11.7. The molecule has 0 atom stereocenters. The summed E-state index contributed by atoms with van der Waals surface area (Å²) in [6.07, 6.45) is 5.13. The van der Waals surface area contributed by atoms with Gasteiger partial charge in [0.25, 0.3) is 11.5 Å². The van der Waals surface area contributed by atoms with Crippen LogP contribution in [-0.2, 0) is 0 Å². The van der Waals surface area contributed by atoms with Crippen molar-refractivity contribution in [3.8, 4) is 12.3 Å². The first kappa shape index (κ1) is 14.7. The van der Waals surface area contributed by atoms with Crippen molar-refractivity contribution in [1.29, 1.82) is 0 Å². The lowest BCUT2D eigenvalue weighted by Crippen LogP contribution is -2.23. The molecule has 7 heteroatoms. The highest BCUT2D eigenvalue weighted by atomic mass is 32.2. The Morgan fingerprint density at radius 1 is 1.43 bits per heavy atom. The van der Waals surface area contributed by atoms with Gasteiger partial charge in [-0.15, -0.1) is 6.42 Å². The second-order valence-corrected chi connectivity index (χ2v) is 4.91. The van der Waals surface area contributed by atoms with Crippen LogP contribution >= 0.6 is 11.8 Å². The molecule has 1 amide bonds. The summed E-state index contributed by atoms with van der Waals surface area (Å²) in [5.41, 5.74) is 5.53. The number of aromatic nitrogens is 2. The molecule has 0 saturated carbocycles. The Kier molecular flexibility index (Phi) is 4.64. The van der Waals surface area contributed by atoms with Gasteiger partial charge in [0.2, 0.25) is 0 Å². The number of carbonyl (C=O) groups is 1. The largest absolute Gasteiger partial charge is 0.382 e. The summed E-state index contributed by atoms with van der Waals surface area (Å²) in [7, 11) is 0. The fourth-order valence-corrected chi connectivity index (χ4v) is 2.09. The van der Waals surface area contributed by atoms with Gasteiger partial charge in [-0.2, -0.15) is 0 Å². The second-order valence-electron chi connectivity index (χ2n) is 3.94. The maximum absolute atomic E-state index is 12.0. The van der Waals surface area contributed by atoms with E-state index < -0.39 is 11.5 Å². The number of H-pyrrole nitrogens is 1. The molecule has 21 heavy (non-hydrogen) atoms. The summed E-state index contributed by atoms with van der Waals surface area (Å²) in [5, 5.41) is 2.77. The lowest BCUT2D eigenvalue weighted by Gasteiger charge is -2.07. The van der Waals surface area contributed by atoms with Gasteiger partial charge in [0.05, 0.1) is 5.75 Å². The van der Waals surface area contributed by atoms with Crippen LogP contribution in [0.25, 0.3) is 0 Å². The molecule has 0 aliphatic heterocycles. The number of hydrogen-bond acceptors (Lipinski definition) is 5. The van der Waals surface area contributed by atoms with Crippen molar-refractivity contribution in [2.75, 3.05) is 16.8 Å². The molecule has 2 aromatic rings. The first-order valence-corrected chi connectivity index (χ1v) is 6.93. The number of carbonyl (C=O) groups excluding carboxylic acids is 1. The predicted octanol–water partition coefficient (Wildman–Crippen LogP) is 1.33. The molecule has 0 saturated heterocycles. The van der Waals surface area contributed by atoms with E-state index in [2.05, 4.69) is 21.2 Å². The molecule has 1 aromatic carbocycles. The van der Waals surface area contributed by atoms with Gasteiger partial charge >= 0.3 is 0 Å². The third-order valence-electron chi connectivity index (χ3n) is 2.49. The Morgan fingerprint density at radius 2 is 2.14 bits per heavy atom. The Labute approximate surface area is 125 Å². The lowest BCUT2D eigenvalue weighted by atomic mass is 10.2. The fraction of sp³-hybridized carbons (Fsp3) is 0.0714. The quantitative estimate of drug-likeness (QED) is 0.449. The molecule has 0 fully saturated rings. The van der Waals surface area contributed by atoms with Crippen LogP contribution in [0, 0.1) is 12.3 Å². The van der Waals surface area contributed by atoms with E-state index in [9.17, 15) is 9.59 Å². The van der Waals surface area contributed by atoms with Gasteiger partial charge < -0.3 is 11.1 Å². The normalized spacial score (nSPS) is 9.86. The zero-order valence-electron chi connectivity index (χ0n) is 10.9. The van der Waals surface area contributed by atoms with E-state index in [1.54, 1.807) is 30.3 Å². The van der Waals surface area contributed by atoms with Crippen LogP contribution in [0.2, 0.25) is 0 Å². The van der Waals surface area contributed by atoms with Gasteiger partial charge in [0, 0.05) is 5.56 Å². The molecule has 6 nitrogen and oxygen atoms in total. The number of benzene rings is 1. The van der Waals surface area contributed by atoms with Crippen molar-refractivity contribution in [3.63, 3.8) is 0 Å². The number of nitrogens with one attached hydrogen (secondary N) is 2. The van der Waals surface area contributed by atoms with E-state index >= 15 is 0 Å². The van der Waals surface area contributed by atoms with Crippen LogP contribution in [0.1, 0.15) is 10.4 Å². The molecule has 0 aliphatic carbocycles. The Bertz CT molecular complexity index is 750. The highest BCUT2D eigenvalue weighted by molar-refractivity contribution is 7.99. The number of terminal acetylenes is 1. The number of amides is 1. The van der Waals surface area contributed by atoms with Crippen molar-refractivity contribution in [3.05, 3.63) is 46.2 Å². The van der Waals surface area contributed by atoms with Gasteiger partial charge in [-0.25, -0.2) is 4.98 Å². The lowest BCUT2D eigenvalue weighted by molar-refractivity contribution is 0.102. The van der Waals surface area contributed by atoms with E-state index in [0.717, 1.165) is 0 Å². The fourth-order valence-electron chi connectivity index (χ4n) is 1.54. The summed E-state index contributed by atoms with van der Waals surface area (Å²) in [6.45, 7) is 0. The third kappa shape index (κ3) is 3.64. The topological polar surface area (TPSA) is 101 Å². The molecule has 2 rings (SSSR count). The van der Waals surface area contributed by atoms with E-state index in [4.69, 9.17) is 12.2 Å². The van der Waals surface area contributed by atoms with E-state index in [1.807, 2.05) is 0 Å². The summed E-state index contributed by atoms with van der Waals surface area (Å²) in [6, 6.07) is 8.49. The molecular weight excluding hydrogens is 288 g/mol. The van der Waals surface area contributed by atoms with Crippen molar-refractivity contribution in [2.24, 2.45) is 0 Å². The van der Waals surface area contributed by atoms with Gasteiger partial charge in [0.1, 0.15) is 5.69 Å². The van der Waals surface area contributed by atoms with E-state index in [-0.39, 0.29) is 11.5 Å². The smallest absolute Gasteiger partial charge is 0.277 e. The average molecular weight is 300 g/mol. The first-order valence-electron chi connectivity index (χ1n) is 5.94. The number of nitrogen functional groups attached to an aromatic ring is 1.